The summed E-state index contributed by atoms with van der Waals surface area (Å²) in [7, 11) is 0. The van der Waals surface area contributed by atoms with Crippen molar-refractivity contribution < 1.29 is 27.5 Å². The molecule has 0 spiro atoms. The monoisotopic (exact) mass is 344 g/mol. The molecular formula is C16H19F3N2O3. The minimum atomic E-state index is -4.41. The summed E-state index contributed by atoms with van der Waals surface area (Å²) >= 11 is 0. The van der Waals surface area contributed by atoms with Crippen LogP contribution >= 0.6 is 0 Å². The lowest BCUT2D eigenvalue weighted by Gasteiger charge is -2.31. The molecule has 1 saturated heterocycles. The highest BCUT2D eigenvalue weighted by Gasteiger charge is 2.31. The van der Waals surface area contributed by atoms with Crippen molar-refractivity contribution in [2.75, 3.05) is 26.3 Å². The fraction of sp³-hybridized carbons (Fsp3) is 0.500. The molecule has 1 unspecified atom stereocenters. The van der Waals surface area contributed by atoms with E-state index >= 15 is 0 Å². The Morgan fingerprint density at radius 1 is 1.17 bits per heavy atom. The first-order valence-electron chi connectivity index (χ1n) is 7.64. The smallest absolute Gasteiger partial charge is 0.378 e. The van der Waals surface area contributed by atoms with Crippen LogP contribution in [0.4, 0.5) is 13.2 Å². The summed E-state index contributed by atoms with van der Waals surface area (Å²) in [5.41, 5.74) is 0.536. The number of hydrogen-bond donors (Lipinski definition) is 1. The van der Waals surface area contributed by atoms with E-state index in [1.54, 1.807) is 35.2 Å². The zero-order valence-corrected chi connectivity index (χ0v) is 13.0. The van der Waals surface area contributed by atoms with E-state index in [2.05, 4.69) is 5.32 Å². The van der Waals surface area contributed by atoms with Gasteiger partial charge in [-0.15, -0.1) is 0 Å². The molecule has 132 valence electrons. The summed E-state index contributed by atoms with van der Waals surface area (Å²) < 4.78 is 42.0. The molecule has 2 rings (SSSR count). The third-order valence-electron chi connectivity index (χ3n) is 3.64. The predicted octanol–water partition coefficient (Wildman–Crippen LogP) is 2.05. The van der Waals surface area contributed by atoms with Crippen LogP contribution in [0.15, 0.2) is 30.3 Å². The molecule has 1 aromatic rings. The molecule has 1 aliphatic heterocycles. The van der Waals surface area contributed by atoms with Crippen molar-refractivity contribution in [1.29, 1.82) is 0 Å². The fourth-order valence-electron chi connectivity index (χ4n) is 2.39. The Morgan fingerprint density at radius 2 is 1.79 bits per heavy atom. The lowest BCUT2D eigenvalue weighted by atomic mass is 10.0. The molecule has 2 amide bonds. The first-order chi connectivity index (χ1) is 11.4. The average molecular weight is 344 g/mol. The normalized spacial score (nSPS) is 16.5. The Labute approximate surface area is 137 Å². The summed E-state index contributed by atoms with van der Waals surface area (Å²) in [5.74, 6) is -1.15. The van der Waals surface area contributed by atoms with E-state index in [4.69, 9.17) is 4.74 Å². The molecule has 0 aromatic heterocycles. The third kappa shape index (κ3) is 5.52. The highest BCUT2D eigenvalue weighted by atomic mass is 19.4. The summed E-state index contributed by atoms with van der Waals surface area (Å²) in [4.78, 5) is 26.1. The summed E-state index contributed by atoms with van der Waals surface area (Å²) in [6.07, 6.45) is -6.33. The van der Waals surface area contributed by atoms with Gasteiger partial charge in [0.25, 0.3) is 0 Å². The Kier molecular flexibility index (Phi) is 6.19. The SMILES string of the molecule is O=C(CCC(F)(F)F)NC(C(=O)N1CCOCC1)c1ccccc1. The molecule has 1 aromatic carbocycles. The number of carbonyl (C=O) groups is 2. The number of benzene rings is 1. The van der Waals surface area contributed by atoms with Crippen LogP contribution in [0.3, 0.4) is 0 Å². The Bertz CT molecular complexity index is 557. The van der Waals surface area contributed by atoms with Gasteiger partial charge in [0.2, 0.25) is 11.8 Å². The zero-order valence-electron chi connectivity index (χ0n) is 13.0. The van der Waals surface area contributed by atoms with E-state index in [1.807, 2.05) is 0 Å². The minimum Gasteiger partial charge on any atom is -0.378 e. The van der Waals surface area contributed by atoms with Crippen molar-refractivity contribution in [3.63, 3.8) is 0 Å². The number of rotatable bonds is 5. The van der Waals surface area contributed by atoms with Crippen molar-refractivity contribution >= 4 is 11.8 Å². The number of ether oxygens (including phenoxy) is 1. The third-order valence-corrected chi connectivity index (χ3v) is 3.64. The van der Waals surface area contributed by atoms with E-state index < -0.39 is 31.0 Å². The highest BCUT2D eigenvalue weighted by molar-refractivity contribution is 5.88. The molecule has 8 heteroatoms. The summed E-state index contributed by atoms with van der Waals surface area (Å²) in [6.45, 7) is 1.58. The number of halogens is 3. The maximum Gasteiger partial charge on any atom is 0.389 e. The van der Waals surface area contributed by atoms with Crippen LogP contribution in [0.25, 0.3) is 0 Å². The maximum atomic E-state index is 12.7. The van der Waals surface area contributed by atoms with Gasteiger partial charge in [0.1, 0.15) is 6.04 Å². The second kappa shape index (κ2) is 8.14. The number of hydrogen-bond acceptors (Lipinski definition) is 3. The number of alkyl halides is 3. The van der Waals surface area contributed by atoms with Crippen molar-refractivity contribution in [2.45, 2.75) is 25.1 Å². The van der Waals surface area contributed by atoms with E-state index in [-0.39, 0.29) is 5.91 Å². The minimum absolute atomic E-state index is 0.343. The van der Waals surface area contributed by atoms with Crippen LogP contribution in [0.1, 0.15) is 24.4 Å². The van der Waals surface area contributed by atoms with Gasteiger partial charge in [0, 0.05) is 19.5 Å². The van der Waals surface area contributed by atoms with Gasteiger partial charge >= 0.3 is 6.18 Å². The quantitative estimate of drug-likeness (QED) is 0.889. The van der Waals surface area contributed by atoms with E-state index in [9.17, 15) is 22.8 Å². The van der Waals surface area contributed by atoms with Crippen LogP contribution in [0.5, 0.6) is 0 Å². The van der Waals surface area contributed by atoms with Gasteiger partial charge in [0.05, 0.1) is 19.6 Å². The number of nitrogens with zero attached hydrogens (tertiary/aromatic N) is 1. The van der Waals surface area contributed by atoms with Gasteiger partial charge < -0.3 is 15.0 Å². The van der Waals surface area contributed by atoms with Gasteiger partial charge in [-0.05, 0) is 5.56 Å². The van der Waals surface area contributed by atoms with E-state index in [1.165, 1.54) is 0 Å². The predicted molar refractivity (Wildman–Crippen MR) is 80.0 cm³/mol. The molecule has 0 saturated carbocycles. The van der Waals surface area contributed by atoms with Crippen molar-refractivity contribution in [2.24, 2.45) is 0 Å². The zero-order chi connectivity index (χ0) is 17.6. The number of carbonyl (C=O) groups excluding carboxylic acids is 2. The first-order valence-corrected chi connectivity index (χ1v) is 7.64. The Morgan fingerprint density at radius 3 is 2.38 bits per heavy atom. The Balaban J connectivity index is 2.08. The van der Waals surface area contributed by atoms with Crippen LogP contribution in [0.2, 0.25) is 0 Å². The topological polar surface area (TPSA) is 58.6 Å². The second-order valence-electron chi connectivity index (χ2n) is 5.46. The van der Waals surface area contributed by atoms with Crippen molar-refractivity contribution in [1.82, 2.24) is 10.2 Å². The van der Waals surface area contributed by atoms with Gasteiger partial charge in [-0.25, -0.2) is 0 Å². The number of nitrogens with one attached hydrogen (secondary N) is 1. The lowest BCUT2D eigenvalue weighted by Crippen LogP contribution is -2.47. The van der Waals surface area contributed by atoms with Crippen LogP contribution in [-0.4, -0.2) is 49.2 Å². The molecule has 24 heavy (non-hydrogen) atoms. The van der Waals surface area contributed by atoms with Crippen molar-refractivity contribution in [3.8, 4) is 0 Å². The van der Waals surface area contributed by atoms with Gasteiger partial charge in [-0.3, -0.25) is 9.59 Å². The molecule has 1 fully saturated rings. The largest absolute Gasteiger partial charge is 0.389 e. The molecule has 1 N–H and O–H groups in total. The maximum absolute atomic E-state index is 12.7. The molecule has 5 nitrogen and oxygen atoms in total. The molecule has 0 aliphatic carbocycles. The van der Waals surface area contributed by atoms with Gasteiger partial charge in [-0.1, -0.05) is 30.3 Å². The molecule has 1 atom stereocenters. The van der Waals surface area contributed by atoms with E-state index in [0.29, 0.717) is 31.9 Å². The van der Waals surface area contributed by atoms with Crippen LogP contribution in [0, 0.1) is 0 Å². The lowest BCUT2D eigenvalue weighted by molar-refractivity contribution is -0.146. The number of morpholine rings is 1. The first kappa shape index (κ1) is 18.3. The molecular weight excluding hydrogens is 325 g/mol. The van der Waals surface area contributed by atoms with Gasteiger partial charge in [0.15, 0.2) is 0 Å². The Hall–Kier alpha value is -2.09. The van der Waals surface area contributed by atoms with Crippen LogP contribution < -0.4 is 5.32 Å². The van der Waals surface area contributed by atoms with E-state index in [0.717, 1.165) is 0 Å². The second-order valence-corrected chi connectivity index (χ2v) is 5.46. The molecule has 0 bridgehead atoms. The standard InChI is InChI=1S/C16H19F3N2O3/c17-16(18,19)7-6-13(22)20-14(12-4-2-1-3-5-12)15(23)21-8-10-24-11-9-21/h1-5,14H,6-11H2,(H,20,22). The molecule has 0 radical (unpaired) electrons. The average Bonchev–Trinajstić information content (AvgIpc) is 2.58. The fourth-order valence-corrected chi connectivity index (χ4v) is 2.39. The molecule has 1 aliphatic rings. The summed E-state index contributed by atoms with van der Waals surface area (Å²) in [6, 6.07) is 7.49. The van der Waals surface area contributed by atoms with Crippen LogP contribution in [-0.2, 0) is 14.3 Å². The number of amides is 2. The highest BCUT2D eigenvalue weighted by Crippen LogP contribution is 2.22. The molecule has 1 heterocycles. The summed E-state index contributed by atoms with van der Waals surface area (Å²) in [5, 5.41) is 2.43. The van der Waals surface area contributed by atoms with Crippen molar-refractivity contribution in [3.05, 3.63) is 35.9 Å². The van der Waals surface area contributed by atoms with Gasteiger partial charge in [-0.2, -0.15) is 13.2 Å².